The summed E-state index contributed by atoms with van der Waals surface area (Å²) in [5, 5.41) is 0. The first-order valence-electron chi connectivity index (χ1n) is 11.9. The monoisotopic (exact) mass is 476 g/mol. The van der Waals surface area contributed by atoms with Crippen molar-refractivity contribution in [2.24, 2.45) is 0 Å². The Hall–Kier alpha value is -2.96. The molecule has 1 heterocycles. The molecule has 0 aromatic heterocycles. The summed E-state index contributed by atoms with van der Waals surface area (Å²) in [5.74, 6) is 0.298. The molecular weight excluding hydrogens is 444 g/mol. The number of hydrogen-bond acceptors (Lipinski definition) is 3. The van der Waals surface area contributed by atoms with Crippen LogP contribution in [0.25, 0.3) is 0 Å². The van der Waals surface area contributed by atoms with Crippen molar-refractivity contribution in [2.45, 2.75) is 50.6 Å². The number of aryl methyl sites for hydroxylation is 1. The lowest BCUT2D eigenvalue weighted by Crippen LogP contribution is -2.38. The third-order valence-electron chi connectivity index (χ3n) is 6.73. The molecule has 1 aliphatic rings. The van der Waals surface area contributed by atoms with Crippen molar-refractivity contribution in [1.82, 2.24) is 9.21 Å². The van der Waals surface area contributed by atoms with Gasteiger partial charge in [0.05, 0.1) is 4.90 Å². The molecule has 0 saturated carbocycles. The molecular formula is C28H32N2O3S. The first-order valence-corrected chi connectivity index (χ1v) is 13.3. The number of benzene rings is 3. The Balaban J connectivity index is 1.75. The van der Waals surface area contributed by atoms with E-state index in [0.29, 0.717) is 18.0 Å². The van der Waals surface area contributed by atoms with Gasteiger partial charge in [-0.3, -0.25) is 4.79 Å². The van der Waals surface area contributed by atoms with Crippen LogP contribution >= 0.6 is 0 Å². The average molecular weight is 477 g/mol. The molecule has 6 heteroatoms. The van der Waals surface area contributed by atoms with E-state index in [2.05, 4.69) is 26.0 Å². The first-order chi connectivity index (χ1) is 16.4. The Morgan fingerprint density at radius 3 is 2.09 bits per heavy atom. The van der Waals surface area contributed by atoms with Crippen molar-refractivity contribution in [3.63, 3.8) is 0 Å². The van der Waals surface area contributed by atoms with Gasteiger partial charge >= 0.3 is 0 Å². The molecule has 34 heavy (non-hydrogen) atoms. The van der Waals surface area contributed by atoms with Crippen LogP contribution in [-0.4, -0.2) is 36.6 Å². The van der Waals surface area contributed by atoms with Crippen LogP contribution in [0.1, 0.15) is 65.8 Å². The van der Waals surface area contributed by atoms with Crippen LogP contribution in [0.15, 0.2) is 83.8 Å². The lowest BCUT2D eigenvalue weighted by Gasteiger charge is -2.30. The Labute approximate surface area is 203 Å². The van der Waals surface area contributed by atoms with E-state index in [1.54, 1.807) is 47.4 Å². The zero-order valence-corrected chi connectivity index (χ0v) is 20.8. The number of hydrogen-bond donors (Lipinski definition) is 0. The zero-order valence-electron chi connectivity index (χ0n) is 20.0. The van der Waals surface area contributed by atoms with E-state index in [1.807, 2.05) is 31.2 Å². The summed E-state index contributed by atoms with van der Waals surface area (Å²) in [4.78, 5) is 15.4. The minimum atomic E-state index is -3.79. The van der Waals surface area contributed by atoms with Crippen LogP contribution in [0.3, 0.4) is 0 Å². The Bertz CT molecular complexity index is 1220. The van der Waals surface area contributed by atoms with Crippen molar-refractivity contribution in [2.75, 3.05) is 13.1 Å². The van der Waals surface area contributed by atoms with Gasteiger partial charge in [0.1, 0.15) is 6.17 Å². The van der Waals surface area contributed by atoms with Crippen LogP contribution in [0.4, 0.5) is 0 Å². The molecule has 0 spiro atoms. The van der Waals surface area contributed by atoms with Gasteiger partial charge in [-0.1, -0.05) is 74.0 Å². The zero-order chi connectivity index (χ0) is 24.3. The first kappa shape index (κ1) is 24.2. The van der Waals surface area contributed by atoms with Crippen molar-refractivity contribution in [1.29, 1.82) is 0 Å². The summed E-state index contributed by atoms with van der Waals surface area (Å²) in [7, 11) is -3.79. The molecule has 3 aromatic rings. The molecule has 1 amide bonds. The molecule has 1 fully saturated rings. The molecule has 1 unspecified atom stereocenters. The second kappa shape index (κ2) is 10.1. The van der Waals surface area contributed by atoms with E-state index >= 15 is 0 Å². The number of carbonyl (C=O) groups excluding carboxylic acids is 1. The van der Waals surface area contributed by atoms with Gasteiger partial charge in [-0.2, -0.15) is 4.31 Å². The summed E-state index contributed by atoms with van der Waals surface area (Å²) >= 11 is 0. The van der Waals surface area contributed by atoms with E-state index < -0.39 is 16.2 Å². The van der Waals surface area contributed by atoms with E-state index in [0.717, 1.165) is 24.0 Å². The average Bonchev–Trinajstić information content (AvgIpc) is 3.32. The highest BCUT2D eigenvalue weighted by Gasteiger charge is 2.43. The molecule has 3 aromatic carbocycles. The van der Waals surface area contributed by atoms with Crippen LogP contribution in [0.2, 0.25) is 0 Å². The molecule has 178 valence electrons. The SMILES string of the molecule is CCC(CC)c1ccc(C2N(C(=O)c3ccc(C)cc3)CCN2S(=O)(=O)c2ccccc2)cc1. The smallest absolute Gasteiger partial charge is 0.255 e. The Morgan fingerprint density at radius 1 is 0.882 bits per heavy atom. The summed E-state index contributed by atoms with van der Waals surface area (Å²) < 4.78 is 28.7. The second-order valence-corrected chi connectivity index (χ2v) is 10.7. The van der Waals surface area contributed by atoms with E-state index in [9.17, 15) is 13.2 Å². The summed E-state index contributed by atoms with van der Waals surface area (Å²) in [6.45, 7) is 6.90. The summed E-state index contributed by atoms with van der Waals surface area (Å²) in [5.41, 5.74) is 3.66. The minimum Gasteiger partial charge on any atom is -0.316 e. The Morgan fingerprint density at radius 2 is 1.50 bits per heavy atom. The van der Waals surface area contributed by atoms with Gasteiger partial charge in [-0.05, 0) is 61.1 Å². The fourth-order valence-electron chi connectivity index (χ4n) is 4.71. The third-order valence-corrected chi connectivity index (χ3v) is 8.60. The van der Waals surface area contributed by atoms with Gasteiger partial charge in [0.25, 0.3) is 5.91 Å². The fourth-order valence-corrected chi connectivity index (χ4v) is 6.30. The lowest BCUT2D eigenvalue weighted by atomic mass is 9.93. The van der Waals surface area contributed by atoms with Gasteiger partial charge < -0.3 is 4.90 Å². The quantitative estimate of drug-likeness (QED) is 0.437. The standard InChI is InChI=1S/C28H32N2O3S/c1-4-22(5-2)23-15-17-24(18-16-23)27-29(28(31)25-13-11-21(3)12-14-25)19-20-30(27)34(32,33)26-9-7-6-8-10-26/h6-18,22,27H,4-5,19-20H2,1-3H3. The van der Waals surface area contributed by atoms with Crippen molar-refractivity contribution in [3.8, 4) is 0 Å². The molecule has 0 N–H and O–H groups in total. The van der Waals surface area contributed by atoms with Crippen LogP contribution < -0.4 is 0 Å². The highest BCUT2D eigenvalue weighted by molar-refractivity contribution is 7.89. The van der Waals surface area contributed by atoms with Gasteiger partial charge in [-0.15, -0.1) is 0 Å². The van der Waals surface area contributed by atoms with Gasteiger partial charge in [0.2, 0.25) is 10.0 Å². The number of carbonyl (C=O) groups is 1. The molecule has 1 atom stereocenters. The molecule has 4 rings (SSSR count). The predicted octanol–water partition coefficient (Wildman–Crippen LogP) is 5.74. The Kier molecular flexibility index (Phi) is 7.19. The maximum atomic E-state index is 13.6. The van der Waals surface area contributed by atoms with E-state index in [-0.39, 0.29) is 17.3 Å². The highest BCUT2D eigenvalue weighted by Crippen LogP contribution is 2.37. The third kappa shape index (κ3) is 4.65. The molecule has 1 aliphatic heterocycles. The molecule has 1 saturated heterocycles. The number of nitrogens with zero attached hydrogens (tertiary/aromatic N) is 2. The van der Waals surface area contributed by atoms with Gasteiger partial charge in [0, 0.05) is 18.7 Å². The van der Waals surface area contributed by atoms with Gasteiger partial charge in [-0.25, -0.2) is 8.42 Å². The van der Waals surface area contributed by atoms with E-state index in [4.69, 9.17) is 0 Å². The van der Waals surface area contributed by atoms with Crippen molar-refractivity contribution in [3.05, 3.63) is 101 Å². The topological polar surface area (TPSA) is 57.7 Å². The van der Waals surface area contributed by atoms with E-state index in [1.165, 1.54) is 9.87 Å². The summed E-state index contributed by atoms with van der Waals surface area (Å²) in [6.07, 6.45) is 1.40. The molecule has 0 radical (unpaired) electrons. The van der Waals surface area contributed by atoms with Crippen molar-refractivity contribution < 1.29 is 13.2 Å². The molecule has 0 bridgehead atoms. The van der Waals surface area contributed by atoms with Crippen molar-refractivity contribution >= 4 is 15.9 Å². The fraction of sp³-hybridized carbons (Fsp3) is 0.321. The minimum absolute atomic E-state index is 0.167. The normalized spacial score (nSPS) is 16.8. The summed E-state index contributed by atoms with van der Waals surface area (Å²) in [6, 6.07) is 24.0. The largest absolute Gasteiger partial charge is 0.316 e. The predicted molar refractivity (Wildman–Crippen MR) is 135 cm³/mol. The second-order valence-electron chi connectivity index (χ2n) is 8.85. The molecule has 5 nitrogen and oxygen atoms in total. The lowest BCUT2D eigenvalue weighted by molar-refractivity contribution is 0.0693. The highest BCUT2D eigenvalue weighted by atomic mass is 32.2. The van der Waals surface area contributed by atoms with Gasteiger partial charge in [0.15, 0.2) is 0 Å². The maximum absolute atomic E-state index is 13.6. The van der Waals surface area contributed by atoms with Crippen LogP contribution in [-0.2, 0) is 10.0 Å². The number of amides is 1. The number of rotatable bonds is 7. The number of sulfonamides is 1. The van der Waals surface area contributed by atoms with Crippen LogP contribution in [0.5, 0.6) is 0 Å². The maximum Gasteiger partial charge on any atom is 0.255 e. The molecule has 0 aliphatic carbocycles. The van der Waals surface area contributed by atoms with Crippen LogP contribution in [0, 0.1) is 6.92 Å².